The summed E-state index contributed by atoms with van der Waals surface area (Å²) < 4.78 is 23.5. The summed E-state index contributed by atoms with van der Waals surface area (Å²) in [6.45, 7) is 7.74. The number of benzene rings is 1. The van der Waals surface area contributed by atoms with Gasteiger partial charge in [-0.15, -0.1) is 0 Å². The number of rotatable bonds is 9. The van der Waals surface area contributed by atoms with Crippen LogP contribution < -0.4 is 5.32 Å². The summed E-state index contributed by atoms with van der Waals surface area (Å²) in [5.74, 6) is 1.22. The van der Waals surface area contributed by atoms with Crippen molar-refractivity contribution >= 4 is 21.4 Å². The van der Waals surface area contributed by atoms with Crippen molar-refractivity contribution in [2.45, 2.75) is 33.1 Å². The molecular formula is C16H26ClNO2S. The van der Waals surface area contributed by atoms with Gasteiger partial charge in [-0.05, 0) is 42.5 Å². The standard InChI is InChI=1S/C16H26ClNO2S/c1-4-21(19,20)10-9-15(12-18-11-13(2)3)14-5-7-16(17)8-6-14/h5-8,13,15,18H,4,9-12H2,1-3H3. The first kappa shape index (κ1) is 18.5. The maximum absolute atomic E-state index is 11.7. The molecular weight excluding hydrogens is 306 g/mol. The fraction of sp³-hybridized carbons (Fsp3) is 0.625. The zero-order valence-corrected chi connectivity index (χ0v) is 14.7. The Balaban J connectivity index is 2.72. The Kier molecular flexibility index (Phi) is 7.71. The van der Waals surface area contributed by atoms with E-state index in [4.69, 9.17) is 11.6 Å². The van der Waals surface area contributed by atoms with Gasteiger partial charge < -0.3 is 5.32 Å². The molecule has 3 nitrogen and oxygen atoms in total. The second kappa shape index (κ2) is 8.76. The monoisotopic (exact) mass is 331 g/mol. The van der Waals surface area contributed by atoms with Crippen molar-refractivity contribution < 1.29 is 8.42 Å². The Bertz CT molecular complexity index is 512. The molecule has 120 valence electrons. The van der Waals surface area contributed by atoms with Gasteiger partial charge in [0.1, 0.15) is 9.84 Å². The summed E-state index contributed by atoms with van der Waals surface area (Å²) in [6.07, 6.45) is 0.642. The smallest absolute Gasteiger partial charge is 0.150 e. The van der Waals surface area contributed by atoms with E-state index in [2.05, 4.69) is 19.2 Å². The molecule has 1 N–H and O–H groups in total. The highest BCUT2D eigenvalue weighted by Gasteiger charge is 2.16. The summed E-state index contributed by atoms with van der Waals surface area (Å²) in [7, 11) is -2.93. The molecule has 1 atom stereocenters. The molecule has 1 aromatic rings. The van der Waals surface area contributed by atoms with Gasteiger partial charge in [-0.3, -0.25) is 0 Å². The molecule has 0 aliphatic carbocycles. The third kappa shape index (κ3) is 7.30. The molecule has 0 saturated heterocycles. The quantitative estimate of drug-likeness (QED) is 0.753. The van der Waals surface area contributed by atoms with Gasteiger partial charge in [-0.1, -0.05) is 44.5 Å². The molecule has 0 radical (unpaired) electrons. The summed E-state index contributed by atoms with van der Waals surface area (Å²) in [5.41, 5.74) is 1.14. The Morgan fingerprint density at radius 3 is 2.29 bits per heavy atom. The third-order valence-corrected chi connectivity index (χ3v) is 5.49. The van der Waals surface area contributed by atoms with E-state index in [0.717, 1.165) is 18.7 Å². The van der Waals surface area contributed by atoms with Gasteiger partial charge in [0.05, 0.1) is 5.75 Å². The van der Waals surface area contributed by atoms with E-state index < -0.39 is 9.84 Å². The van der Waals surface area contributed by atoms with Crippen molar-refractivity contribution in [3.8, 4) is 0 Å². The molecule has 0 fully saturated rings. The Morgan fingerprint density at radius 2 is 1.76 bits per heavy atom. The van der Waals surface area contributed by atoms with E-state index in [1.807, 2.05) is 24.3 Å². The first-order chi connectivity index (χ1) is 9.84. The second-order valence-electron chi connectivity index (χ2n) is 5.83. The minimum Gasteiger partial charge on any atom is -0.316 e. The molecule has 1 aromatic carbocycles. The van der Waals surface area contributed by atoms with Gasteiger partial charge in [-0.25, -0.2) is 8.42 Å². The number of nitrogens with one attached hydrogen (secondary N) is 1. The summed E-state index contributed by atoms with van der Waals surface area (Å²) in [4.78, 5) is 0. The maximum Gasteiger partial charge on any atom is 0.150 e. The largest absolute Gasteiger partial charge is 0.316 e. The van der Waals surface area contributed by atoms with Crippen LogP contribution in [0.3, 0.4) is 0 Å². The van der Waals surface area contributed by atoms with Crippen molar-refractivity contribution in [3.05, 3.63) is 34.9 Å². The van der Waals surface area contributed by atoms with Gasteiger partial charge in [0.15, 0.2) is 0 Å². The average molecular weight is 332 g/mol. The highest BCUT2D eigenvalue weighted by atomic mass is 35.5. The highest BCUT2D eigenvalue weighted by Crippen LogP contribution is 2.22. The first-order valence-electron chi connectivity index (χ1n) is 7.50. The second-order valence-corrected chi connectivity index (χ2v) is 8.73. The fourth-order valence-electron chi connectivity index (χ4n) is 2.13. The van der Waals surface area contributed by atoms with E-state index >= 15 is 0 Å². The van der Waals surface area contributed by atoms with Crippen molar-refractivity contribution in [2.24, 2.45) is 5.92 Å². The molecule has 0 bridgehead atoms. The zero-order valence-electron chi connectivity index (χ0n) is 13.1. The lowest BCUT2D eigenvalue weighted by molar-refractivity contribution is 0.507. The van der Waals surface area contributed by atoms with Gasteiger partial charge in [0, 0.05) is 17.3 Å². The van der Waals surface area contributed by atoms with Crippen LogP contribution in [0.2, 0.25) is 5.02 Å². The fourth-order valence-corrected chi connectivity index (χ4v) is 3.19. The minimum absolute atomic E-state index is 0.197. The van der Waals surface area contributed by atoms with E-state index in [-0.39, 0.29) is 17.4 Å². The molecule has 0 heterocycles. The van der Waals surface area contributed by atoms with Gasteiger partial charge in [0.25, 0.3) is 0 Å². The molecule has 0 aliphatic rings. The van der Waals surface area contributed by atoms with Crippen LogP contribution in [0, 0.1) is 5.92 Å². The Hall–Kier alpha value is -0.580. The number of halogens is 1. The molecule has 5 heteroatoms. The van der Waals surface area contributed by atoms with Gasteiger partial charge >= 0.3 is 0 Å². The van der Waals surface area contributed by atoms with Crippen LogP contribution in [-0.2, 0) is 9.84 Å². The van der Waals surface area contributed by atoms with Crippen LogP contribution in [0.1, 0.15) is 38.7 Å². The molecule has 0 amide bonds. The molecule has 21 heavy (non-hydrogen) atoms. The summed E-state index contributed by atoms with van der Waals surface area (Å²) in [6, 6.07) is 7.70. The van der Waals surface area contributed by atoms with Crippen molar-refractivity contribution in [2.75, 3.05) is 24.6 Å². The van der Waals surface area contributed by atoms with E-state index in [1.165, 1.54) is 0 Å². The third-order valence-electron chi connectivity index (χ3n) is 3.50. The predicted octanol–water partition coefficient (Wildman–Crippen LogP) is 3.49. The van der Waals surface area contributed by atoms with Crippen LogP contribution in [0.5, 0.6) is 0 Å². The lowest BCUT2D eigenvalue weighted by Crippen LogP contribution is -2.27. The number of sulfone groups is 1. The van der Waals surface area contributed by atoms with Crippen LogP contribution in [0.25, 0.3) is 0 Å². The topological polar surface area (TPSA) is 46.2 Å². The first-order valence-corrected chi connectivity index (χ1v) is 9.70. The minimum atomic E-state index is -2.93. The Morgan fingerprint density at radius 1 is 1.14 bits per heavy atom. The van der Waals surface area contributed by atoms with Gasteiger partial charge in [-0.2, -0.15) is 0 Å². The normalized spacial score (nSPS) is 13.6. The summed E-state index contributed by atoms with van der Waals surface area (Å²) in [5, 5.41) is 4.13. The van der Waals surface area contributed by atoms with E-state index in [9.17, 15) is 8.42 Å². The Labute approximate surface area is 134 Å². The molecule has 1 unspecified atom stereocenters. The molecule has 0 saturated carbocycles. The highest BCUT2D eigenvalue weighted by molar-refractivity contribution is 7.91. The molecule has 1 rings (SSSR count). The van der Waals surface area contributed by atoms with Gasteiger partial charge in [0.2, 0.25) is 0 Å². The average Bonchev–Trinajstić information content (AvgIpc) is 2.43. The lowest BCUT2D eigenvalue weighted by atomic mass is 9.96. The van der Waals surface area contributed by atoms with E-state index in [1.54, 1.807) is 6.92 Å². The maximum atomic E-state index is 11.7. The van der Waals surface area contributed by atoms with Crippen LogP contribution >= 0.6 is 11.6 Å². The molecule has 0 spiro atoms. The number of hydrogen-bond acceptors (Lipinski definition) is 3. The SMILES string of the molecule is CCS(=O)(=O)CCC(CNCC(C)C)c1ccc(Cl)cc1. The zero-order chi connectivity index (χ0) is 15.9. The van der Waals surface area contributed by atoms with Crippen LogP contribution in [-0.4, -0.2) is 33.0 Å². The lowest BCUT2D eigenvalue weighted by Gasteiger charge is -2.19. The van der Waals surface area contributed by atoms with Crippen LogP contribution in [0.4, 0.5) is 0 Å². The number of hydrogen-bond donors (Lipinski definition) is 1. The predicted molar refractivity (Wildman–Crippen MR) is 90.8 cm³/mol. The van der Waals surface area contributed by atoms with E-state index in [0.29, 0.717) is 17.4 Å². The van der Waals surface area contributed by atoms with Crippen molar-refractivity contribution in [1.82, 2.24) is 5.32 Å². The summed E-state index contributed by atoms with van der Waals surface area (Å²) >= 11 is 5.92. The van der Waals surface area contributed by atoms with Crippen LogP contribution in [0.15, 0.2) is 24.3 Å². The molecule has 0 aromatic heterocycles. The van der Waals surface area contributed by atoms with Crippen molar-refractivity contribution in [1.29, 1.82) is 0 Å². The van der Waals surface area contributed by atoms with Crippen molar-refractivity contribution in [3.63, 3.8) is 0 Å². The molecule has 0 aliphatic heterocycles.